The maximum atomic E-state index is 13.4. The van der Waals surface area contributed by atoms with Crippen LogP contribution in [0.25, 0.3) is 0 Å². The number of carbonyl (C=O) groups excluding carboxylic acids is 1. The van der Waals surface area contributed by atoms with Gasteiger partial charge in [0.25, 0.3) is 0 Å². The molecule has 0 aliphatic carbocycles. The van der Waals surface area contributed by atoms with E-state index in [9.17, 15) is 14.0 Å². The maximum Gasteiger partial charge on any atom is 0.335 e. The van der Waals surface area contributed by atoms with Gasteiger partial charge >= 0.3 is 12.0 Å². The molecule has 0 aliphatic rings. The van der Waals surface area contributed by atoms with Crippen molar-refractivity contribution in [2.24, 2.45) is 0 Å². The minimum Gasteiger partial charge on any atom is -0.478 e. The number of amides is 2. The van der Waals surface area contributed by atoms with Crippen LogP contribution >= 0.6 is 0 Å². The van der Waals surface area contributed by atoms with Crippen LogP contribution in [-0.2, 0) is 6.54 Å². The molecule has 0 saturated heterocycles. The summed E-state index contributed by atoms with van der Waals surface area (Å²) < 4.78 is 13.4. The summed E-state index contributed by atoms with van der Waals surface area (Å²) in [5.41, 5.74) is 0.965. The summed E-state index contributed by atoms with van der Waals surface area (Å²) in [4.78, 5) is 22.3. The smallest absolute Gasteiger partial charge is 0.335 e. The van der Waals surface area contributed by atoms with E-state index >= 15 is 0 Å². The molecule has 3 N–H and O–H groups in total. The predicted octanol–water partition coefficient (Wildman–Crippen LogP) is 2.85. The number of rotatable bonds is 4. The monoisotopic (exact) mass is 288 g/mol. The Hall–Kier alpha value is -2.89. The van der Waals surface area contributed by atoms with Crippen LogP contribution in [0.5, 0.6) is 0 Å². The molecule has 2 amide bonds. The van der Waals surface area contributed by atoms with Crippen LogP contribution in [0.3, 0.4) is 0 Å². The number of benzene rings is 2. The van der Waals surface area contributed by atoms with Gasteiger partial charge in [0.05, 0.1) is 5.56 Å². The van der Waals surface area contributed by atoms with E-state index < -0.39 is 12.0 Å². The largest absolute Gasteiger partial charge is 0.478 e. The molecule has 0 unspecified atom stereocenters. The Bertz CT molecular complexity index is 656. The number of nitrogens with one attached hydrogen (secondary N) is 2. The standard InChI is InChI=1S/C15H13FN2O3/c16-13-4-2-1-3-11(13)9-17-15(21)18-12-7-5-10(6-8-12)14(19)20/h1-8H,9H2,(H,19,20)(H2,17,18,21). The summed E-state index contributed by atoms with van der Waals surface area (Å²) >= 11 is 0. The highest BCUT2D eigenvalue weighted by Crippen LogP contribution is 2.10. The highest BCUT2D eigenvalue weighted by atomic mass is 19.1. The lowest BCUT2D eigenvalue weighted by molar-refractivity contribution is 0.0697. The molecule has 0 spiro atoms. The minimum absolute atomic E-state index is 0.0612. The van der Waals surface area contributed by atoms with Gasteiger partial charge in [0.15, 0.2) is 0 Å². The third-order valence-electron chi connectivity index (χ3n) is 2.79. The fourth-order valence-electron chi connectivity index (χ4n) is 1.69. The molecule has 0 aliphatic heterocycles. The first-order valence-corrected chi connectivity index (χ1v) is 6.18. The SMILES string of the molecule is O=C(NCc1ccccc1F)Nc1ccc(C(=O)O)cc1. The second-order valence-corrected chi connectivity index (χ2v) is 4.28. The van der Waals surface area contributed by atoms with Crippen molar-refractivity contribution in [3.63, 3.8) is 0 Å². The number of hydrogen-bond donors (Lipinski definition) is 3. The van der Waals surface area contributed by atoms with Crippen LogP contribution in [0.2, 0.25) is 0 Å². The Kier molecular flexibility index (Phi) is 4.50. The second kappa shape index (κ2) is 6.51. The molecule has 2 aromatic carbocycles. The van der Waals surface area contributed by atoms with Crippen molar-refractivity contribution in [3.8, 4) is 0 Å². The average Bonchev–Trinajstić information content (AvgIpc) is 2.47. The van der Waals surface area contributed by atoms with E-state index in [1.54, 1.807) is 18.2 Å². The van der Waals surface area contributed by atoms with E-state index in [2.05, 4.69) is 10.6 Å². The number of urea groups is 1. The molecule has 21 heavy (non-hydrogen) atoms. The fraction of sp³-hybridized carbons (Fsp3) is 0.0667. The van der Waals surface area contributed by atoms with Crippen LogP contribution in [0.4, 0.5) is 14.9 Å². The van der Waals surface area contributed by atoms with Gasteiger partial charge in [0, 0.05) is 17.8 Å². The first kappa shape index (κ1) is 14.5. The molecule has 0 radical (unpaired) electrons. The van der Waals surface area contributed by atoms with Gasteiger partial charge in [0.1, 0.15) is 5.82 Å². The molecule has 5 nitrogen and oxygen atoms in total. The molecule has 0 atom stereocenters. The first-order valence-electron chi connectivity index (χ1n) is 6.18. The Labute approximate surface area is 120 Å². The van der Waals surface area contributed by atoms with Crippen molar-refractivity contribution in [1.82, 2.24) is 5.32 Å². The zero-order valence-electron chi connectivity index (χ0n) is 11.0. The summed E-state index contributed by atoms with van der Waals surface area (Å²) in [6.07, 6.45) is 0. The summed E-state index contributed by atoms with van der Waals surface area (Å²) in [5, 5.41) is 13.8. The van der Waals surface area contributed by atoms with Crippen LogP contribution in [-0.4, -0.2) is 17.1 Å². The molecule has 0 heterocycles. The van der Waals surface area contributed by atoms with Gasteiger partial charge in [-0.25, -0.2) is 14.0 Å². The van der Waals surface area contributed by atoms with Gasteiger partial charge in [-0.05, 0) is 30.3 Å². The van der Waals surface area contributed by atoms with Crippen LogP contribution in [0.1, 0.15) is 15.9 Å². The summed E-state index contributed by atoms with van der Waals surface area (Å²) in [6.45, 7) is 0.0612. The van der Waals surface area contributed by atoms with E-state index in [1.807, 2.05) is 0 Å². The van der Waals surface area contributed by atoms with E-state index in [1.165, 1.54) is 30.3 Å². The normalized spacial score (nSPS) is 9.95. The molecule has 0 fully saturated rings. The minimum atomic E-state index is -1.04. The Morgan fingerprint density at radius 3 is 2.33 bits per heavy atom. The van der Waals surface area contributed by atoms with Crippen molar-refractivity contribution < 1.29 is 19.1 Å². The number of aromatic carboxylic acids is 1. The number of carboxylic acid groups (broad SMARTS) is 1. The predicted molar refractivity (Wildman–Crippen MR) is 75.7 cm³/mol. The number of hydrogen-bond acceptors (Lipinski definition) is 2. The number of anilines is 1. The lowest BCUT2D eigenvalue weighted by atomic mass is 10.2. The van der Waals surface area contributed by atoms with Crippen molar-refractivity contribution >= 4 is 17.7 Å². The average molecular weight is 288 g/mol. The molecule has 0 bridgehead atoms. The lowest BCUT2D eigenvalue weighted by Crippen LogP contribution is -2.28. The van der Waals surface area contributed by atoms with E-state index in [4.69, 9.17) is 5.11 Å². The Morgan fingerprint density at radius 2 is 1.71 bits per heavy atom. The van der Waals surface area contributed by atoms with E-state index in [-0.39, 0.29) is 17.9 Å². The van der Waals surface area contributed by atoms with Crippen molar-refractivity contribution in [2.75, 3.05) is 5.32 Å². The molecule has 108 valence electrons. The van der Waals surface area contributed by atoms with E-state index in [0.717, 1.165) is 0 Å². The number of halogens is 1. The lowest BCUT2D eigenvalue weighted by Gasteiger charge is -2.08. The Morgan fingerprint density at radius 1 is 1.05 bits per heavy atom. The van der Waals surface area contributed by atoms with Gasteiger partial charge in [-0.15, -0.1) is 0 Å². The van der Waals surface area contributed by atoms with Crippen molar-refractivity contribution in [3.05, 3.63) is 65.5 Å². The van der Waals surface area contributed by atoms with Gasteiger partial charge in [-0.3, -0.25) is 0 Å². The van der Waals surface area contributed by atoms with Gasteiger partial charge in [0.2, 0.25) is 0 Å². The third kappa shape index (κ3) is 4.04. The topological polar surface area (TPSA) is 78.4 Å². The van der Waals surface area contributed by atoms with Crippen LogP contribution < -0.4 is 10.6 Å². The molecular formula is C15H13FN2O3. The number of carboxylic acids is 1. The highest BCUT2D eigenvalue weighted by molar-refractivity contribution is 5.91. The van der Waals surface area contributed by atoms with Gasteiger partial charge in [-0.2, -0.15) is 0 Å². The maximum absolute atomic E-state index is 13.4. The third-order valence-corrected chi connectivity index (χ3v) is 2.79. The zero-order chi connectivity index (χ0) is 15.2. The van der Waals surface area contributed by atoms with Crippen LogP contribution in [0.15, 0.2) is 48.5 Å². The summed E-state index contributed by atoms with van der Waals surface area (Å²) in [7, 11) is 0. The van der Waals surface area contributed by atoms with Gasteiger partial charge < -0.3 is 15.7 Å². The van der Waals surface area contributed by atoms with Crippen molar-refractivity contribution in [1.29, 1.82) is 0 Å². The molecule has 0 aromatic heterocycles. The highest BCUT2D eigenvalue weighted by Gasteiger charge is 2.06. The molecular weight excluding hydrogens is 275 g/mol. The van der Waals surface area contributed by atoms with Gasteiger partial charge in [-0.1, -0.05) is 18.2 Å². The second-order valence-electron chi connectivity index (χ2n) is 4.28. The summed E-state index contributed by atoms with van der Waals surface area (Å²) in [6, 6.07) is 11.4. The van der Waals surface area contributed by atoms with E-state index in [0.29, 0.717) is 11.3 Å². The number of carbonyl (C=O) groups is 2. The van der Waals surface area contributed by atoms with Crippen molar-refractivity contribution in [2.45, 2.75) is 6.54 Å². The Balaban J connectivity index is 1.90. The molecule has 2 rings (SSSR count). The first-order chi connectivity index (χ1) is 10.1. The van der Waals surface area contributed by atoms with Crippen LogP contribution in [0, 0.1) is 5.82 Å². The quantitative estimate of drug-likeness (QED) is 0.809. The fourth-order valence-corrected chi connectivity index (χ4v) is 1.69. The zero-order valence-corrected chi connectivity index (χ0v) is 11.0. The molecule has 0 saturated carbocycles. The molecule has 6 heteroatoms. The summed E-state index contributed by atoms with van der Waals surface area (Å²) in [5.74, 6) is -1.42. The molecule has 2 aromatic rings.